The molecule has 30 heavy (non-hydrogen) atoms. The minimum atomic E-state index is -1.47. The number of ether oxygens (including phenoxy) is 2. The second kappa shape index (κ2) is 7.78. The first-order valence-corrected chi connectivity index (χ1v) is 9.42. The van der Waals surface area contributed by atoms with E-state index in [1.54, 1.807) is 4.90 Å². The number of benzene rings is 1. The molecule has 0 radical (unpaired) electrons. The van der Waals surface area contributed by atoms with Crippen LogP contribution in [0, 0.1) is 11.6 Å². The van der Waals surface area contributed by atoms with Crippen LogP contribution < -0.4 is 15.5 Å². The van der Waals surface area contributed by atoms with Crippen LogP contribution >= 0.6 is 0 Å². The fourth-order valence-corrected chi connectivity index (χ4v) is 3.85. The van der Waals surface area contributed by atoms with Crippen LogP contribution in [0.4, 0.5) is 8.78 Å². The standard InChI is InChI=1S/C20H21F2N3O5/c1-10-9-30-15-8-24-7-13(17(26)18(29-2)16(24)20(28)25(10)15)19(27)23-6-11-3-4-12(21)5-14(11)22/h3-5,7,10,15,19,23,27H,6,8-9H2,1-2H3/t10-,15+,19?/m0/s1. The van der Waals surface area contributed by atoms with E-state index in [-0.39, 0.29) is 47.6 Å². The lowest BCUT2D eigenvalue weighted by Gasteiger charge is -2.34. The summed E-state index contributed by atoms with van der Waals surface area (Å²) >= 11 is 0. The van der Waals surface area contributed by atoms with Crippen LogP contribution in [0.2, 0.25) is 0 Å². The average molecular weight is 421 g/mol. The number of aliphatic hydroxyl groups is 1. The van der Waals surface area contributed by atoms with Crippen molar-refractivity contribution >= 4 is 5.91 Å². The van der Waals surface area contributed by atoms with E-state index in [4.69, 9.17) is 9.47 Å². The van der Waals surface area contributed by atoms with Gasteiger partial charge in [-0.25, -0.2) is 8.78 Å². The van der Waals surface area contributed by atoms with Gasteiger partial charge in [0.05, 0.1) is 31.9 Å². The molecule has 1 saturated heterocycles. The molecule has 1 amide bonds. The van der Waals surface area contributed by atoms with E-state index in [1.807, 2.05) is 6.92 Å². The zero-order valence-electron chi connectivity index (χ0n) is 16.4. The number of aliphatic hydroxyl groups excluding tert-OH is 1. The van der Waals surface area contributed by atoms with Crippen LogP contribution in [0.3, 0.4) is 0 Å². The Labute approximate surface area is 170 Å². The Kier molecular flexibility index (Phi) is 5.31. The number of nitrogens with one attached hydrogen (secondary N) is 1. The molecule has 1 aromatic carbocycles. The number of amides is 1. The van der Waals surface area contributed by atoms with Gasteiger partial charge in [-0.3, -0.25) is 14.9 Å². The van der Waals surface area contributed by atoms with Crippen LogP contribution in [0.1, 0.15) is 34.8 Å². The summed E-state index contributed by atoms with van der Waals surface area (Å²) in [6, 6.07) is 2.95. The minimum absolute atomic E-state index is 0.0644. The van der Waals surface area contributed by atoms with Gasteiger partial charge in [-0.2, -0.15) is 0 Å². The first-order chi connectivity index (χ1) is 14.3. The van der Waals surface area contributed by atoms with Crippen molar-refractivity contribution in [2.75, 3.05) is 13.7 Å². The smallest absolute Gasteiger partial charge is 0.276 e. The number of carbonyl (C=O) groups is 1. The van der Waals surface area contributed by atoms with Crippen LogP contribution in [0.15, 0.2) is 29.2 Å². The molecule has 0 saturated carbocycles. The van der Waals surface area contributed by atoms with Crippen molar-refractivity contribution in [3.63, 3.8) is 0 Å². The molecule has 2 aliphatic heterocycles. The molecular formula is C20H21F2N3O5. The Morgan fingerprint density at radius 1 is 1.37 bits per heavy atom. The number of pyridine rings is 1. The van der Waals surface area contributed by atoms with Gasteiger partial charge in [-0.05, 0) is 13.0 Å². The molecular weight excluding hydrogens is 400 g/mol. The molecule has 0 spiro atoms. The van der Waals surface area contributed by atoms with Crippen molar-refractivity contribution in [3.8, 4) is 5.75 Å². The second-order valence-corrected chi connectivity index (χ2v) is 7.32. The summed E-state index contributed by atoms with van der Waals surface area (Å²) in [5.74, 6) is -2.04. The van der Waals surface area contributed by atoms with Crippen LogP contribution in [0.5, 0.6) is 5.75 Å². The summed E-state index contributed by atoms with van der Waals surface area (Å²) in [5.41, 5.74) is -0.496. The van der Waals surface area contributed by atoms with E-state index in [9.17, 15) is 23.5 Å². The van der Waals surface area contributed by atoms with Gasteiger partial charge in [-0.15, -0.1) is 0 Å². The van der Waals surface area contributed by atoms with Gasteiger partial charge < -0.3 is 24.0 Å². The number of carbonyl (C=O) groups excluding carboxylic acids is 1. The number of hydrogen-bond donors (Lipinski definition) is 2. The summed E-state index contributed by atoms with van der Waals surface area (Å²) in [5, 5.41) is 13.2. The fourth-order valence-electron chi connectivity index (χ4n) is 3.85. The minimum Gasteiger partial charge on any atom is -0.491 e. The molecule has 8 nitrogen and oxygen atoms in total. The Balaban J connectivity index is 1.65. The zero-order chi connectivity index (χ0) is 21.6. The molecule has 3 atom stereocenters. The third kappa shape index (κ3) is 3.36. The average Bonchev–Trinajstić information content (AvgIpc) is 3.08. The molecule has 2 aromatic rings. The first kappa shape index (κ1) is 20.5. The maximum Gasteiger partial charge on any atom is 0.276 e. The van der Waals surface area contributed by atoms with Crippen molar-refractivity contribution in [2.24, 2.45) is 0 Å². The molecule has 0 aliphatic carbocycles. The quantitative estimate of drug-likeness (QED) is 0.703. The van der Waals surface area contributed by atoms with E-state index < -0.39 is 29.5 Å². The molecule has 3 heterocycles. The Bertz CT molecular complexity index is 1060. The number of methoxy groups -OCH3 is 1. The Morgan fingerprint density at radius 2 is 2.13 bits per heavy atom. The summed E-state index contributed by atoms with van der Waals surface area (Å²) in [6.45, 7) is 2.37. The second-order valence-electron chi connectivity index (χ2n) is 7.32. The highest BCUT2D eigenvalue weighted by atomic mass is 19.1. The number of rotatable bonds is 5. The number of nitrogens with zero attached hydrogens (tertiary/aromatic N) is 2. The molecule has 160 valence electrons. The largest absolute Gasteiger partial charge is 0.491 e. The van der Waals surface area contributed by atoms with Crippen molar-refractivity contribution in [1.82, 2.24) is 14.8 Å². The number of halogens is 2. The topological polar surface area (TPSA) is 93.0 Å². The van der Waals surface area contributed by atoms with Crippen molar-refractivity contribution < 1.29 is 28.2 Å². The highest BCUT2D eigenvalue weighted by molar-refractivity contribution is 5.96. The van der Waals surface area contributed by atoms with Gasteiger partial charge >= 0.3 is 0 Å². The van der Waals surface area contributed by atoms with Crippen molar-refractivity contribution in [2.45, 2.75) is 38.5 Å². The number of fused-ring (bicyclic) bond motifs is 2. The number of hydrogen-bond acceptors (Lipinski definition) is 6. The fraction of sp³-hybridized carbons (Fsp3) is 0.400. The van der Waals surface area contributed by atoms with E-state index in [0.717, 1.165) is 12.1 Å². The lowest BCUT2D eigenvalue weighted by Crippen LogP contribution is -2.49. The van der Waals surface area contributed by atoms with E-state index in [1.165, 1.54) is 23.9 Å². The van der Waals surface area contributed by atoms with Crippen molar-refractivity contribution in [3.05, 3.63) is 63.1 Å². The summed E-state index contributed by atoms with van der Waals surface area (Å²) in [7, 11) is 1.28. The lowest BCUT2D eigenvalue weighted by molar-refractivity contribution is 0.00597. The molecule has 2 aliphatic rings. The molecule has 10 heteroatoms. The Hall–Kier alpha value is -2.82. The van der Waals surface area contributed by atoms with Gasteiger partial charge in [0.15, 0.2) is 17.7 Å². The van der Waals surface area contributed by atoms with Gasteiger partial charge in [0.1, 0.15) is 17.9 Å². The first-order valence-electron chi connectivity index (χ1n) is 9.42. The monoisotopic (exact) mass is 421 g/mol. The van der Waals surface area contributed by atoms with E-state index in [0.29, 0.717) is 6.61 Å². The van der Waals surface area contributed by atoms with Gasteiger partial charge in [0, 0.05) is 24.4 Å². The maximum atomic E-state index is 13.8. The predicted molar refractivity (Wildman–Crippen MR) is 101 cm³/mol. The highest BCUT2D eigenvalue weighted by Crippen LogP contribution is 2.30. The molecule has 1 aromatic heterocycles. The molecule has 1 unspecified atom stereocenters. The molecule has 2 N–H and O–H groups in total. The third-order valence-electron chi connectivity index (χ3n) is 5.37. The molecule has 0 bridgehead atoms. The summed E-state index contributed by atoms with van der Waals surface area (Å²) < 4.78 is 39.3. The summed E-state index contributed by atoms with van der Waals surface area (Å²) in [6.07, 6.45) is -0.566. The van der Waals surface area contributed by atoms with Crippen LogP contribution in [-0.4, -0.2) is 46.5 Å². The summed E-state index contributed by atoms with van der Waals surface area (Å²) in [4.78, 5) is 27.4. The highest BCUT2D eigenvalue weighted by Gasteiger charge is 2.43. The lowest BCUT2D eigenvalue weighted by atomic mass is 10.1. The Morgan fingerprint density at radius 3 is 2.83 bits per heavy atom. The van der Waals surface area contributed by atoms with Gasteiger partial charge in [0.25, 0.3) is 5.91 Å². The van der Waals surface area contributed by atoms with E-state index in [2.05, 4.69) is 5.32 Å². The van der Waals surface area contributed by atoms with Crippen molar-refractivity contribution in [1.29, 1.82) is 0 Å². The van der Waals surface area contributed by atoms with E-state index >= 15 is 0 Å². The SMILES string of the molecule is COc1c2n(cc(C(O)NCc3ccc(F)cc3F)c1=O)C[C@H]1OC[C@H](C)N1C2=O. The van der Waals surface area contributed by atoms with Gasteiger partial charge in [-0.1, -0.05) is 6.07 Å². The predicted octanol–water partition coefficient (Wildman–Crippen LogP) is 1.12. The number of aromatic nitrogens is 1. The third-order valence-corrected chi connectivity index (χ3v) is 5.37. The molecule has 1 fully saturated rings. The zero-order valence-corrected chi connectivity index (χ0v) is 16.4. The maximum absolute atomic E-state index is 13.8. The van der Waals surface area contributed by atoms with Gasteiger partial charge in [0.2, 0.25) is 5.43 Å². The normalized spacial score (nSPS) is 21.4. The molecule has 4 rings (SSSR count). The van der Waals surface area contributed by atoms with Crippen LogP contribution in [0.25, 0.3) is 0 Å². The van der Waals surface area contributed by atoms with Crippen LogP contribution in [-0.2, 0) is 17.8 Å².